The Morgan fingerprint density at radius 2 is 2.08 bits per heavy atom. The number of imidazole rings is 1. The van der Waals surface area contributed by atoms with Gasteiger partial charge in [0.05, 0.1) is 12.2 Å². The molecule has 0 unspecified atom stereocenters. The Morgan fingerprint density at radius 3 is 2.68 bits per heavy atom. The van der Waals surface area contributed by atoms with Gasteiger partial charge in [-0.25, -0.2) is 17.6 Å². The molecule has 1 aromatic carbocycles. The van der Waals surface area contributed by atoms with Gasteiger partial charge in [-0.2, -0.15) is 0 Å². The van der Waals surface area contributed by atoms with Crippen LogP contribution in [0.25, 0.3) is 0 Å². The first-order chi connectivity index (χ1) is 11.6. The quantitative estimate of drug-likeness (QED) is 0.734. The topological polar surface area (TPSA) is 73.4 Å². The number of aryl methyl sites for hydroxylation is 1. The van der Waals surface area contributed by atoms with Gasteiger partial charge in [-0.1, -0.05) is 15.9 Å². The minimum atomic E-state index is -3.71. The van der Waals surface area contributed by atoms with E-state index in [1.807, 2.05) is 0 Å². The van der Waals surface area contributed by atoms with Crippen LogP contribution in [0.4, 0.5) is 4.39 Å². The Kier molecular flexibility index (Phi) is 4.27. The lowest BCUT2D eigenvalue weighted by Gasteiger charge is -2.31. The molecule has 0 aliphatic carbocycles. The zero-order valence-electron chi connectivity index (χ0n) is 14.0. The summed E-state index contributed by atoms with van der Waals surface area (Å²) in [5, 5.41) is -0.204. The van der Waals surface area contributed by atoms with Gasteiger partial charge in [0, 0.05) is 29.0 Å². The maximum Gasteiger partial charge on any atom is 0.328 e. The monoisotopic (exact) mass is 429 g/mol. The highest BCUT2D eigenvalue weighted by Crippen LogP contribution is 2.35. The Labute approximate surface area is 153 Å². The zero-order chi connectivity index (χ0) is 18.6. The summed E-state index contributed by atoms with van der Waals surface area (Å²) in [6, 6.07) is 4.40. The molecule has 0 spiro atoms. The predicted molar refractivity (Wildman–Crippen MR) is 97.2 cm³/mol. The molecule has 134 valence electrons. The molecule has 2 heterocycles. The number of rotatable bonds is 2. The van der Waals surface area contributed by atoms with Gasteiger partial charge in [0.25, 0.3) is 0 Å². The number of hydrogen-bond donors (Lipinski definition) is 0. The number of fused-ring (bicyclic) bond motifs is 1. The van der Waals surface area contributed by atoms with Gasteiger partial charge in [0.1, 0.15) is 11.4 Å². The third-order valence-electron chi connectivity index (χ3n) is 4.28. The van der Waals surface area contributed by atoms with E-state index in [9.17, 15) is 17.6 Å². The van der Waals surface area contributed by atoms with Gasteiger partial charge in [-0.05, 0) is 32.0 Å². The SMILES string of the molecule is CCn1cc2n(c1=O)C[C@@](C)(c1cc(Br)ccc1F)N=C2S(C)(=O)=O. The van der Waals surface area contributed by atoms with E-state index in [0.29, 0.717) is 11.0 Å². The normalized spacial score (nSPS) is 20.3. The smallest absolute Gasteiger partial charge is 0.299 e. The summed E-state index contributed by atoms with van der Waals surface area (Å²) in [6.45, 7) is 3.87. The van der Waals surface area contributed by atoms with Gasteiger partial charge >= 0.3 is 5.69 Å². The van der Waals surface area contributed by atoms with Crippen LogP contribution in [0.15, 0.2) is 38.7 Å². The number of halogens is 2. The number of sulfone groups is 1. The number of hydrogen-bond acceptors (Lipinski definition) is 4. The molecule has 25 heavy (non-hydrogen) atoms. The van der Waals surface area contributed by atoms with Gasteiger partial charge in [-0.15, -0.1) is 0 Å². The molecule has 1 atom stereocenters. The summed E-state index contributed by atoms with van der Waals surface area (Å²) in [6.07, 6.45) is 2.52. The Balaban J connectivity index is 2.32. The van der Waals surface area contributed by atoms with Gasteiger partial charge in [0.2, 0.25) is 0 Å². The third kappa shape index (κ3) is 2.99. The van der Waals surface area contributed by atoms with Crippen LogP contribution in [0.5, 0.6) is 0 Å². The first kappa shape index (κ1) is 18.1. The fourth-order valence-corrected chi connectivity index (χ4v) is 4.30. The van der Waals surface area contributed by atoms with Crippen LogP contribution in [0.3, 0.4) is 0 Å². The van der Waals surface area contributed by atoms with Crippen LogP contribution in [0.2, 0.25) is 0 Å². The van der Waals surface area contributed by atoms with Crippen molar-refractivity contribution in [3.63, 3.8) is 0 Å². The first-order valence-corrected chi connectivity index (χ1v) is 10.3. The molecular weight excluding hydrogens is 413 g/mol. The van der Waals surface area contributed by atoms with E-state index in [1.54, 1.807) is 26.0 Å². The average Bonchev–Trinajstić information content (AvgIpc) is 2.84. The van der Waals surface area contributed by atoms with Crippen molar-refractivity contribution in [3.8, 4) is 0 Å². The standard InChI is InChI=1S/C16H17BrFN3O3S/c1-4-20-8-13-14(25(3,23)24)19-16(2,9-21(13)15(20)22)11-7-10(17)5-6-12(11)18/h5-8H,4,9H2,1-3H3/t16-/m0/s1. The summed E-state index contributed by atoms with van der Waals surface area (Å²) in [5.74, 6) is -0.506. The van der Waals surface area contributed by atoms with Crippen LogP contribution in [0, 0.1) is 5.82 Å². The number of aromatic nitrogens is 2. The maximum atomic E-state index is 14.4. The van der Waals surface area contributed by atoms with Crippen molar-refractivity contribution in [3.05, 3.63) is 56.4 Å². The van der Waals surface area contributed by atoms with E-state index in [-0.39, 0.29) is 28.5 Å². The van der Waals surface area contributed by atoms with Crippen LogP contribution >= 0.6 is 15.9 Å². The Bertz CT molecular complexity index is 1060. The minimum Gasteiger partial charge on any atom is -0.299 e. The Morgan fingerprint density at radius 1 is 1.40 bits per heavy atom. The van der Waals surface area contributed by atoms with Crippen molar-refractivity contribution >= 4 is 30.8 Å². The lowest BCUT2D eigenvalue weighted by atomic mass is 9.91. The van der Waals surface area contributed by atoms with Crippen molar-refractivity contribution in [2.75, 3.05) is 6.26 Å². The third-order valence-corrected chi connectivity index (χ3v) is 5.78. The van der Waals surface area contributed by atoms with E-state index < -0.39 is 21.2 Å². The molecule has 9 heteroatoms. The molecule has 0 saturated carbocycles. The van der Waals surface area contributed by atoms with Gasteiger partial charge in [-0.3, -0.25) is 14.1 Å². The van der Waals surface area contributed by atoms with Crippen LogP contribution in [0.1, 0.15) is 25.1 Å². The van der Waals surface area contributed by atoms with Crippen LogP contribution in [-0.4, -0.2) is 28.9 Å². The average molecular weight is 430 g/mol. The minimum absolute atomic E-state index is 0.0561. The van der Waals surface area contributed by atoms with Crippen molar-refractivity contribution < 1.29 is 12.8 Å². The number of nitrogens with zero attached hydrogens (tertiary/aromatic N) is 3. The lowest BCUT2D eigenvalue weighted by molar-refractivity contribution is 0.378. The second-order valence-electron chi connectivity index (χ2n) is 6.26. The zero-order valence-corrected chi connectivity index (χ0v) is 16.4. The fraction of sp³-hybridized carbons (Fsp3) is 0.375. The number of aliphatic imine (C=N–C) groups is 1. The van der Waals surface area contributed by atoms with Crippen molar-refractivity contribution in [1.82, 2.24) is 9.13 Å². The van der Waals surface area contributed by atoms with E-state index in [0.717, 1.165) is 6.26 Å². The summed E-state index contributed by atoms with van der Waals surface area (Å²) >= 11 is 3.30. The highest BCUT2D eigenvalue weighted by atomic mass is 79.9. The Hall–Kier alpha value is -1.74. The second-order valence-corrected chi connectivity index (χ2v) is 9.10. The molecule has 0 bridgehead atoms. The summed E-state index contributed by atoms with van der Waals surface area (Å²) < 4.78 is 42.4. The molecule has 0 radical (unpaired) electrons. The molecule has 2 aromatic rings. The highest BCUT2D eigenvalue weighted by Gasteiger charge is 2.39. The van der Waals surface area contributed by atoms with E-state index in [2.05, 4.69) is 20.9 Å². The second kappa shape index (κ2) is 5.91. The van der Waals surface area contributed by atoms with Crippen LogP contribution < -0.4 is 5.69 Å². The van der Waals surface area contributed by atoms with E-state index in [1.165, 1.54) is 21.4 Å². The molecular formula is C16H17BrFN3O3S. The molecule has 0 fully saturated rings. The molecule has 1 aliphatic rings. The van der Waals surface area contributed by atoms with Crippen molar-refractivity contribution in [1.29, 1.82) is 0 Å². The molecule has 3 rings (SSSR count). The summed E-state index contributed by atoms with van der Waals surface area (Å²) in [5.41, 5.74) is -1.09. The first-order valence-electron chi connectivity index (χ1n) is 7.62. The largest absolute Gasteiger partial charge is 0.328 e. The highest BCUT2D eigenvalue weighted by molar-refractivity contribution is 9.10. The molecule has 0 N–H and O–H groups in total. The van der Waals surface area contributed by atoms with E-state index in [4.69, 9.17) is 0 Å². The maximum absolute atomic E-state index is 14.4. The summed E-state index contributed by atoms with van der Waals surface area (Å²) in [7, 11) is -3.71. The fourth-order valence-electron chi connectivity index (χ4n) is 3.03. The van der Waals surface area contributed by atoms with Crippen molar-refractivity contribution in [2.24, 2.45) is 4.99 Å². The van der Waals surface area contributed by atoms with Crippen molar-refractivity contribution in [2.45, 2.75) is 32.5 Å². The lowest BCUT2D eigenvalue weighted by Crippen LogP contribution is -2.41. The summed E-state index contributed by atoms with van der Waals surface area (Å²) in [4.78, 5) is 16.9. The molecule has 6 nitrogen and oxygen atoms in total. The molecule has 0 saturated heterocycles. The van der Waals surface area contributed by atoms with E-state index >= 15 is 0 Å². The van der Waals surface area contributed by atoms with Gasteiger partial charge in [0.15, 0.2) is 14.9 Å². The molecule has 1 aromatic heterocycles. The van der Waals surface area contributed by atoms with Gasteiger partial charge < -0.3 is 0 Å². The molecule has 0 amide bonds. The molecule has 1 aliphatic heterocycles. The predicted octanol–water partition coefficient (Wildman–Crippen LogP) is 2.29. The van der Waals surface area contributed by atoms with Crippen LogP contribution in [-0.2, 0) is 28.5 Å². The number of benzene rings is 1.